The Morgan fingerprint density at radius 3 is 1.84 bits per heavy atom. The summed E-state index contributed by atoms with van der Waals surface area (Å²) in [5.41, 5.74) is 1.61. The largest absolute Gasteiger partial charge is 0.272 e. The Bertz CT molecular complexity index is 319. The van der Waals surface area contributed by atoms with Crippen LogP contribution in [0.25, 0.3) is 0 Å². The second-order valence-corrected chi connectivity index (χ2v) is 10.1. The first kappa shape index (κ1) is 16.8. The third-order valence-electron chi connectivity index (χ3n) is 3.94. The van der Waals surface area contributed by atoms with Gasteiger partial charge in [-0.2, -0.15) is 0 Å². The Morgan fingerprint density at radius 2 is 1.42 bits per heavy atom. The van der Waals surface area contributed by atoms with Crippen LogP contribution in [0.3, 0.4) is 0 Å². The SMILES string of the molecule is CCC[CH](c1ccccc1)[Al]([CH2]C(C)C)[CH2]C(C)C. The lowest BCUT2D eigenvalue weighted by Crippen LogP contribution is -2.27. The van der Waals surface area contributed by atoms with E-state index in [-0.39, 0.29) is 0 Å². The Hall–Kier alpha value is -0.248. The van der Waals surface area contributed by atoms with Crippen molar-refractivity contribution in [2.24, 2.45) is 11.8 Å². The van der Waals surface area contributed by atoms with Gasteiger partial charge in [-0.1, -0.05) is 111 Å². The van der Waals surface area contributed by atoms with E-state index in [1.807, 2.05) is 0 Å². The predicted octanol–water partition coefficient (Wildman–Crippen LogP) is 5.92. The molecule has 0 radical (unpaired) electrons. The molecule has 1 rings (SSSR count). The Balaban J connectivity index is 2.90. The van der Waals surface area contributed by atoms with Crippen LogP contribution in [0.5, 0.6) is 0 Å². The molecular weight excluding hydrogens is 243 g/mol. The minimum atomic E-state index is -0.709. The van der Waals surface area contributed by atoms with Crippen molar-refractivity contribution >= 4 is 14.1 Å². The summed E-state index contributed by atoms with van der Waals surface area (Å²) in [5, 5.41) is 3.00. The normalized spacial score (nSPS) is 13.0. The van der Waals surface area contributed by atoms with Gasteiger partial charge in [0.2, 0.25) is 0 Å². The van der Waals surface area contributed by atoms with Crippen LogP contribution in [-0.4, -0.2) is 14.1 Å². The molecule has 1 atom stereocenters. The topological polar surface area (TPSA) is 0 Å². The molecule has 0 spiro atoms. The summed E-state index contributed by atoms with van der Waals surface area (Å²) >= 11 is -0.709. The van der Waals surface area contributed by atoms with Gasteiger partial charge in [-0.05, 0) is 0 Å². The molecule has 0 nitrogen and oxygen atoms in total. The van der Waals surface area contributed by atoms with Gasteiger partial charge in [0.25, 0.3) is 14.1 Å². The summed E-state index contributed by atoms with van der Waals surface area (Å²) in [6.07, 6.45) is 2.71. The van der Waals surface area contributed by atoms with E-state index < -0.39 is 14.1 Å². The highest BCUT2D eigenvalue weighted by atomic mass is 27.2. The van der Waals surface area contributed by atoms with E-state index in [0.717, 1.165) is 16.6 Å². The van der Waals surface area contributed by atoms with E-state index in [1.54, 1.807) is 5.56 Å². The molecule has 1 aromatic carbocycles. The van der Waals surface area contributed by atoms with Gasteiger partial charge in [0.1, 0.15) is 0 Å². The van der Waals surface area contributed by atoms with Crippen molar-refractivity contribution in [3.05, 3.63) is 35.9 Å². The van der Waals surface area contributed by atoms with Crippen molar-refractivity contribution < 1.29 is 0 Å². The maximum atomic E-state index is 2.40. The van der Waals surface area contributed by atoms with Crippen LogP contribution in [0.1, 0.15) is 57.8 Å². The monoisotopic (exact) mass is 274 g/mol. The molecule has 1 aromatic rings. The Morgan fingerprint density at radius 1 is 0.895 bits per heavy atom. The van der Waals surface area contributed by atoms with Crippen molar-refractivity contribution in [2.75, 3.05) is 0 Å². The third kappa shape index (κ3) is 6.16. The average molecular weight is 274 g/mol. The molecule has 106 valence electrons. The molecule has 0 N–H and O–H groups in total. The molecule has 0 bridgehead atoms. The van der Waals surface area contributed by atoms with Crippen LogP contribution in [0.2, 0.25) is 10.6 Å². The van der Waals surface area contributed by atoms with Gasteiger partial charge >= 0.3 is 0 Å². The molecule has 0 heterocycles. The van der Waals surface area contributed by atoms with E-state index >= 15 is 0 Å². The predicted molar refractivity (Wildman–Crippen MR) is 89.1 cm³/mol. The molecule has 19 heavy (non-hydrogen) atoms. The molecule has 0 saturated heterocycles. The maximum absolute atomic E-state index is 2.40. The standard InChI is InChI=1S/C10H13.2C4H9.Al/c1-2-3-7-10-8-5-4-6-9-10;2*1-4(2)3;/h4-9H,2-3H2,1H3;2*4H,1H2,2-3H3;. The highest BCUT2D eigenvalue weighted by molar-refractivity contribution is 6.60. The van der Waals surface area contributed by atoms with Crippen LogP contribution >= 0.6 is 0 Å². The van der Waals surface area contributed by atoms with Gasteiger partial charge in [0.15, 0.2) is 0 Å². The van der Waals surface area contributed by atoms with Gasteiger partial charge in [-0.15, -0.1) is 0 Å². The van der Waals surface area contributed by atoms with Crippen molar-refractivity contribution in [1.82, 2.24) is 0 Å². The van der Waals surface area contributed by atoms with Crippen molar-refractivity contribution in [3.8, 4) is 0 Å². The van der Waals surface area contributed by atoms with Gasteiger partial charge in [0, 0.05) is 0 Å². The van der Waals surface area contributed by atoms with Gasteiger partial charge in [-0.3, -0.25) is 0 Å². The second-order valence-electron chi connectivity index (χ2n) is 6.83. The molecule has 1 unspecified atom stereocenters. The quantitative estimate of drug-likeness (QED) is 0.516. The van der Waals surface area contributed by atoms with Gasteiger partial charge in [0.05, 0.1) is 0 Å². The lowest BCUT2D eigenvalue weighted by molar-refractivity contribution is 0.657. The van der Waals surface area contributed by atoms with Crippen molar-refractivity contribution in [1.29, 1.82) is 0 Å². The highest BCUT2D eigenvalue weighted by Gasteiger charge is 2.29. The van der Waals surface area contributed by atoms with Crippen LogP contribution in [0, 0.1) is 11.8 Å². The van der Waals surface area contributed by atoms with Gasteiger partial charge in [-0.25, -0.2) is 0 Å². The van der Waals surface area contributed by atoms with Crippen molar-refractivity contribution in [3.63, 3.8) is 0 Å². The summed E-state index contributed by atoms with van der Waals surface area (Å²) in [4.78, 5) is 0. The minimum absolute atomic E-state index is 0.709. The fourth-order valence-electron chi connectivity index (χ4n) is 3.32. The molecule has 1 heteroatoms. The zero-order valence-corrected chi connectivity index (χ0v) is 14.7. The minimum Gasteiger partial charge on any atom is -0.0911 e. The highest BCUT2D eigenvalue weighted by Crippen LogP contribution is 2.31. The maximum Gasteiger partial charge on any atom is 0.272 e. The number of hydrogen-bond donors (Lipinski definition) is 0. The zero-order chi connectivity index (χ0) is 14.3. The lowest BCUT2D eigenvalue weighted by Gasteiger charge is -2.26. The van der Waals surface area contributed by atoms with E-state index in [1.165, 1.54) is 23.4 Å². The molecular formula is C18H31Al. The summed E-state index contributed by atoms with van der Waals surface area (Å²) in [6, 6.07) is 11.3. The summed E-state index contributed by atoms with van der Waals surface area (Å²) < 4.78 is 0.885. The van der Waals surface area contributed by atoms with E-state index in [4.69, 9.17) is 0 Å². The molecule has 0 fully saturated rings. The average Bonchev–Trinajstić information content (AvgIpc) is 2.35. The fraction of sp³-hybridized carbons (Fsp3) is 0.667. The summed E-state index contributed by atoms with van der Waals surface area (Å²) in [6.45, 7) is 11.9. The second kappa shape index (κ2) is 8.83. The molecule has 0 aliphatic rings. The fourth-order valence-corrected chi connectivity index (χ4v) is 8.16. The Kier molecular flexibility index (Phi) is 7.81. The van der Waals surface area contributed by atoms with Crippen LogP contribution in [0.4, 0.5) is 0 Å². The van der Waals surface area contributed by atoms with Crippen LogP contribution < -0.4 is 0 Å². The first-order chi connectivity index (χ1) is 9.04. The summed E-state index contributed by atoms with van der Waals surface area (Å²) in [5.74, 6) is 1.72. The smallest absolute Gasteiger partial charge is 0.0911 e. The van der Waals surface area contributed by atoms with Crippen LogP contribution in [0.15, 0.2) is 30.3 Å². The third-order valence-corrected chi connectivity index (χ3v) is 8.90. The van der Waals surface area contributed by atoms with Gasteiger partial charge < -0.3 is 0 Å². The van der Waals surface area contributed by atoms with Crippen molar-refractivity contribution in [2.45, 2.75) is 62.8 Å². The number of benzene rings is 1. The molecule has 0 aliphatic carbocycles. The molecule has 0 amide bonds. The molecule has 0 aromatic heterocycles. The van der Waals surface area contributed by atoms with E-state index in [0.29, 0.717) is 0 Å². The lowest BCUT2D eigenvalue weighted by atomic mass is 10.1. The van der Waals surface area contributed by atoms with Crippen LogP contribution in [-0.2, 0) is 0 Å². The zero-order valence-electron chi connectivity index (χ0n) is 13.5. The number of hydrogen-bond acceptors (Lipinski definition) is 0. The number of rotatable bonds is 8. The van der Waals surface area contributed by atoms with E-state index in [9.17, 15) is 0 Å². The first-order valence-electron chi connectivity index (χ1n) is 8.09. The molecule has 0 saturated carbocycles. The van der Waals surface area contributed by atoms with E-state index in [2.05, 4.69) is 65.0 Å². The molecule has 0 aliphatic heterocycles. The Labute approximate surface area is 125 Å². The summed E-state index contributed by atoms with van der Waals surface area (Å²) in [7, 11) is 0. The first-order valence-corrected chi connectivity index (χ1v) is 10.4.